The van der Waals surface area contributed by atoms with Gasteiger partial charge < -0.3 is 10.1 Å². The lowest BCUT2D eigenvalue weighted by Gasteiger charge is -2.12. The Labute approximate surface area is 132 Å². The predicted octanol–water partition coefficient (Wildman–Crippen LogP) is 4.79. The zero-order valence-electron chi connectivity index (χ0n) is 11.2. The summed E-state index contributed by atoms with van der Waals surface area (Å²) in [5.74, 6) is 1.35. The van der Waals surface area contributed by atoms with E-state index in [9.17, 15) is 0 Å². The maximum atomic E-state index is 6.17. The molecule has 3 nitrogen and oxygen atoms in total. The number of nitrogens with one attached hydrogen (secondary N) is 1. The molecule has 1 aromatic carbocycles. The van der Waals surface area contributed by atoms with Crippen molar-refractivity contribution in [3.8, 4) is 11.5 Å². The molecule has 0 radical (unpaired) electrons. The van der Waals surface area contributed by atoms with Crippen LogP contribution in [0.2, 0.25) is 5.02 Å². The van der Waals surface area contributed by atoms with Crippen molar-refractivity contribution in [2.24, 2.45) is 0 Å². The molecule has 106 valence electrons. The van der Waals surface area contributed by atoms with E-state index in [4.69, 9.17) is 16.3 Å². The van der Waals surface area contributed by atoms with Gasteiger partial charge in [0.05, 0.1) is 11.2 Å². The van der Waals surface area contributed by atoms with Crippen LogP contribution in [0.15, 0.2) is 41.1 Å². The molecule has 0 saturated carbocycles. The zero-order chi connectivity index (χ0) is 14.4. The molecule has 2 aromatic rings. The molecule has 0 bridgehead atoms. The van der Waals surface area contributed by atoms with Crippen LogP contribution in [0, 0.1) is 0 Å². The van der Waals surface area contributed by atoms with Crippen molar-refractivity contribution in [2.75, 3.05) is 6.54 Å². The average Bonchev–Trinajstić information content (AvgIpc) is 2.44. The fourth-order valence-corrected chi connectivity index (χ4v) is 2.43. The number of halogens is 2. The van der Waals surface area contributed by atoms with Gasteiger partial charge in [0.2, 0.25) is 0 Å². The summed E-state index contributed by atoms with van der Waals surface area (Å²) in [6, 6.07) is 7.49. The number of ether oxygens (including phenoxy) is 1. The molecule has 0 spiro atoms. The van der Waals surface area contributed by atoms with Crippen LogP contribution in [0.25, 0.3) is 0 Å². The molecule has 0 saturated heterocycles. The summed E-state index contributed by atoms with van der Waals surface area (Å²) in [5.41, 5.74) is 1.06. The second kappa shape index (κ2) is 7.62. The molecule has 0 fully saturated rings. The quantitative estimate of drug-likeness (QED) is 0.757. The van der Waals surface area contributed by atoms with Gasteiger partial charge in [0.1, 0.15) is 11.5 Å². The Morgan fingerprint density at radius 2 is 2.15 bits per heavy atom. The second-order valence-corrected chi connectivity index (χ2v) is 5.66. The number of hydrogen-bond acceptors (Lipinski definition) is 3. The van der Waals surface area contributed by atoms with Gasteiger partial charge in [0.25, 0.3) is 0 Å². The molecule has 20 heavy (non-hydrogen) atoms. The van der Waals surface area contributed by atoms with Crippen molar-refractivity contribution in [1.82, 2.24) is 10.3 Å². The molecule has 0 atom stereocenters. The smallest absolute Gasteiger partial charge is 0.150 e. The van der Waals surface area contributed by atoms with E-state index in [0.29, 0.717) is 10.8 Å². The van der Waals surface area contributed by atoms with E-state index in [1.54, 1.807) is 12.4 Å². The number of nitrogens with zero attached hydrogens (tertiary/aromatic N) is 1. The van der Waals surface area contributed by atoms with Crippen LogP contribution in [0.3, 0.4) is 0 Å². The molecule has 0 amide bonds. The highest BCUT2D eigenvalue weighted by molar-refractivity contribution is 9.10. The second-order valence-electron chi connectivity index (χ2n) is 4.34. The van der Waals surface area contributed by atoms with Crippen molar-refractivity contribution in [1.29, 1.82) is 0 Å². The Kier molecular flexibility index (Phi) is 5.83. The minimum Gasteiger partial charge on any atom is -0.454 e. The van der Waals surface area contributed by atoms with Crippen LogP contribution in [-0.4, -0.2) is 11.5 Å². The molecule has 2 rings (SSSR count). The molecule has 0 aliphatic heterocycles. The Balaban J connectivity index is 2.16. The van der Waals surface area contributed by atoms with E-state index >= 15 is 0 Å². The maximum absolute atomic E-state index is 6.17. The van der Waals surface area contributed by atoms with E-state index in [-0.39, 0.29) is 0 Å². The fourth-order valence-electron chi connectivity index (χ4n) is 1.72. The standard InChI is InChI=1S/C15H16BrClN2O/c1-2-6-18-9-11-5-7-19-10-15(11)20-14-4-3-12(16)8-13(14)17/h3-5,7-8,10,18H,2,6,9H2,1H3. The van der Waals surface area contributed by atoms with Gasteiger partial charge in [0, 0.05) is 22.8 Å². The molecular weight excluding hydrogens is 340 g/mol. The Hall–Kier alpha value is -1.10. The summed E-state index contributed by atoms with van der Waals surface area (Å²) in [5, 5.41) is 3.92. The highest BCUT2D eigenvalue weighted by Crippen LogP contribution is 2.32. The lowest BCUT2D eigenvalue weighted by atomic mass is 10.2. The minimum absolute atomic E-state index is 0.565. The van der Waals surface area contributed by atoms with Crippen LogP contribution in [0.4, 0.5) is 0 Å². The minimum atomic E-state index is 0.565. The van der Waals surface area contributed by atoms with E-state index in [1.807, 2.05) is 24.3 Å². The molecule has 5 heteroatoms. The third-order valence-corrected chi connectivity index (χ3v) is 3.51. The summed E-state index contributed by atoms with van der Waals surface area (Å²) in [6.45, 7) is 3.86. The molecule has 1 N–H and O–H groups in total. The first kappa shape index (κ1) is 15.3. The van der Waals surface area contributed by atoms with Gasteiger partial charge in [-0.3, -0.25) is 4.98 Å². The van der Waals surface area contributed by atoms with Gasteiger partial charge in [0.15, 0.2) is 0 Å². The van der Waals surface area contributed by atoms with Gasteiger partial charge >= 0.3 is 0 Å². The largest absolute Gasteiger partial charge is 0.454 e. The Morgan fingerprint density at radius 1 is 1.30 bits per heavy atom. The van der Waals surface area contributed by atoms with Gasteiger partial charge in [-0.05, 0) is 37.2 Å². The topological polar surface area (TPSA) is 34.2 Å². The molecule has 0 unspecified atom stereocenters. The van der Waals surface area contributed by atoms with Gasteiger partial charge in [-0.1, -0.05) is 34.5 Å². The normalized spacial score (nSPS) is 10.6. The van der Waals surface area contributed by atoms with Crippen molar-refractivity contribution >= 4 is 27.5 Å². The maximum Gasteiger partial charge on any atom is 0.150 e. The first-order chi connectivity index (χ1) is 9.70. The van der Waals surface area contributed by atoms with Crippen molar-refractivity contribution < 1.29 is 4.74 Å². The lowest BCUT2D eigenvalue weighted by molar-refractivity contribution is 0.470. The van der Waals surface area contributed by atoms with Gasteiger partial charge in [-0.2, -0.15) is 0 Å². The van der Waals surface area contributed by atoms with Crippen LogP contribution >= 0.6 is 27.5 Å². The molecule has 1 heterocycles. The van der Waals surface area contributed by atoms with Crippen LogP contribution in [0.5, 0.6) is 11.5 Å². The van der Waals surface area contributed by atoms with Crippen molar-refractivity contribution in [3.63, 3.8) is 0 Å². The Morgan fingerprint density at radius 3 is 2.90 bits per heavy atom. The zero-order valence-corrected chi connectivity index (χ0v) is 13.5. The van der Waals surface area contributed by atoms with Crippen LogP contribution < -0.4 is 10.1 Å². The predicted molar refractivity (Wildman–Crippen MR) is 85.5 cm³/mol. The van der Waals surface area contributed by atoms with E-state index in [0.717, 1.165) is 35.3 Å². The average molecular weight is 356 g/mol. The molecular formula is C15H16BrClN2O. The molecule has 0 aliphatic rings. The van der Waals surface area contributed by atoms with E-state index in [1.165, 1.54) is 0 Å². The van der Waals surface area contributed by atoms with E-state index < -0.39 is 0 Å². The summed E-state index contributed by atoms with van der Waals surface area (Å²) < 4.78 is 6.79. The SMILES string of the molecule is CCCNCc1ccncc1Oc1ccc(Br)cc1Cl. The fraction of sp³-hybridized carbons (Fsp3) is 0.267. The lowest BCUT2D eigenvalue weighted by Crippen LogP contribution is -2.14. The molecule has 1 aromatic heterocycles. The number of rotatable bonds is 6. The van der Waals surface area contributed by atoms with Crippen molar-refractivity contribution in [3.05, 3.63) is 51.7 Å². The monoisotopic (exact) mass is 354 g/mol. The van der Waals surface area contributed by atoms with Crippen molar-refractivity contribution in [2.45, 2.75) is 19.9 Å². The number of pyridine rings is 1. The van der Waals surface area contributed by atoms with Gasteiger partial charge in [-0.15, -0.1) is 0 Å². The highest BCUT2D eigenvalue weighted by Gasteiger charge is 2.08. The molecule has 0 aliphatic carbocycles. The summed E-state index contributed by atoms with van der Waals surface area (Å²) in [4.78, 5) is 4.11. The first-order valence-electron chi connectivity index (χ1n) is 6.47. The number of hydrogen-bond donors (Lipinski definition) is 1. The highest BCUT2D eigenvalue weighted by atomic mass is 79.9. The Bertz CT molecular complexity index is 578. The summed E-state index contributed by atoms with van der Waals surface area (Å²) in [6.07, 6.45) is 4.57. The third-order valence-electron chi connectivity index (χ3n) is 2.73. The van der Waals surface area contributed by atoms with E-state index in [2.05, 4.69) is 33.2 Å². The van der Waals surface area contributed by atoms with Crippen LogP contribution in [0.1, 0.15) is 18.9 Å². The first-order valence-corrected chi connectivity index (χ1v) is 7.64. The summed E-state index contributed by atoms with van der Waals surface area (Å²) in [7, 11) is 0. The van der Waals surface area contributed by atoms with Gasteiger partial charge in [-0.25, -0.2) is 0 Å². The summed E-state index contributed by atoms with van der Waals surface area (Å²) >= 11 is 9.54. The van der Waals surface area contributed by atoms with Crippen LogP contribution in [-0.2, 0) is 6.54 Å². The number of benzene rings is 1. The number of aromatic nitrogens is 1. The third kappa shape index (κ3) is 4.20.